The second-order valence-corrected chi connectivity index (χ2v) is 7.56. The number of rotatable bonds is 4. The van der Waals surface area contributed by atoms with Gasteiger partial charge in [0, 0.05) is 44.0 Å². The van der Waals surface area contributed by atoms with Crippen molar-refractivity contribution in [2.75, 3.05) is 25.1 Å². The molecule has 0 atom stereocenters. The highest BCUT2D eigenvalue weighted by Gasteiger charge is 2.23. The number of carbonyl (C=O) groups excluding carboxylic acids is 1. The van der Waals surface area contributed by atoms with Crippen LogP contribution in [-0.4, -0.2) is 35.2 Å². The van der Waals surface area contributed by atoms with Crippen LogP contribution in [0.2, 0.25) is 0 Å². The fourth-order valence-electron chi connectivity index (χ4n) is 4.31. The van der Waals surface area contributed by atoms with E-state index in [0.29, 0.717) is 11.3 Å². The van der Waals surface area contributed by atoms with E-state index in [1.54, 1.807) is 36.4 Å². The molecule has 0 unspecified atom stereocenters. The lowest BCUT2D eigenvalue weighted by Gasteiger charge is -2.31. The van der Waals surface area contributed by atoms with Gasteiger partial charge in [-0.2, -0.15) is 0 Å². The second-order valence-electron chi connectivity index (χ2n) is 7.56. The molecule has 152 valence electrons. The van der Waals surface area contributed by atoms with E-state index in [-0.39, 0.29) is 5.69 Å². The number of ether oxygens (including phenoxy) is 1. The van der Waals surface area contributed by atoms with E-state index in [4.69, 9.17) is 10.5 Å². The molecule has 1 amide bonds. The molecule has 7 nitrogen and oxygen atoms in total. The van der Waals surface area contributed by atoms with Crippen LogP contribution in [0.15, 0.2) is 35.1 Å². The van der Waals surface area contributed by atoms with Gasteiger partial charge in [0.15, 0.2) is 0 Å². The van der Waals surface area contributed by atoms with Gasteiger partial charge in [-0.1, -0.05) is 12.1 Å². The highest BCUT2D eigenvalue weighted by molar-refractivity contribution is 6.00. The molecule has 29 heavy (non-hydrogen) atoms. The lowest BCUT2D eigenvalue weighted by atomic mass is 9.97. The summed E-state index contributed by atoms with van der Waals surface area (Å²) in [5.74, 6) is -0.0741. The number of hydrogen-bond donors (Lipinski definition) is 1. The zero-order valence-corrected chi connectivity index (χ0v) is 17.1. The smallest absolute Gasteiger partial charge is 0.328 e. The number of piperidine rings is 1. The van der Waals surface area contributed by atoms with E-state index in [1.807, 2.05) is 18.2 Å². The largest absolute Gasteiger partial charge is 0.495 e. The Morgan fingerprint density at radius 3 is 2.28 bits per heavy atom. The molecule has 3 aromatic rings. The van der Waals surface area contributed by atoms with Gasteiger partial charge in [0.05, 0.1) is 23.7 Å². The van der Waals surface area contributed by atoms with Crippen LogP contribution in [0, 0.1) is 0 Å². The molecule has 1 fully saturated rings. The predicted octanol–water partition coefficient (Wildman–Crippen LogP) is 2.64. The standard InChI is InChI=1S/C22H26N4O3/c1-24-18-12-16(14-8-7-9-15(21(23)27)20(14)29-3)17(26-10-5-4-6-11-26)13-19(18)25(2)22(24)28/h7-9,12-13H,4-6,10-11H2,1-3H3,(H2,23,27). The summed E-state index contributed by atoms with van der Waals surface area (Å²) in [7, 11) is 5.10. The number of para-hydroxylation sites is 1. The number of hydrogen-bond acceptors (Lipinski definition) is 4. The number of aryl methyl sites for hydroxylation is 2. The van der Waals surface area contributed by atoms with Crippen LogP contribution in [0.25, 0.3) is 22.2 Å². The normalized spacial score (nSPS) is 14.4. The van der Waals surface area contributed by atoms with E-state index < -0.39 is 5.91 Å². The van der Waals surface area contributed by atoms with E-state index in [1.165, 1.54) is 6.42 Å². The third kappa shape index (κ3) is 3.06. The quantitative estimate of drug-likeness (QED) is 0.737. The number of benzene rings is 2. The first kappa shape index (κ1) is 19.1. The van der Waals surface area contributed by atoms with Crippen LogP contribution >= 0.6 is 0 Å². The number of nitrogens with zero attached hydrogens (tertiary/aromatic N) is 3. The van der Waals surface area contributed by atoms with Crippen molar-refractivity contribution in [3.63, 3.8) is 0 Å². The first-order chi connectivity index (χ1) is 13.9. The van der Waals surface area contributed by atoms with E-state index in [9.17, 15) is 9.59 Å². The average Bonchev–Trinajstić information content (AvgIpc) is 2.96. The summed E-state index contributed by atoms with van der Waals surface area (Å²) >= 11 is 0. The Hall–Kier alpha value is -3.22. The Bertz CT molecular complexity index is 1150. The van der Waals surface area contributed by atoms with Crippen molar-refractivity contribution in [1.29, 1.82) is 0 Å². The summed E-state index contributed by atoms with van der Waals surface area (Å²) in [6.07, 6.45) is 3.48. The minimum Gasteiger partial charge on any atom is -0.495 e. The maximum atomic E-state index is 12.5. The minimum absolute atomic E-state index is 0.0698. The number of nitrogens with two attached hydrogens (primary N) is 1. The predicted molar refractivity (Wildman–Crippen MR) is 115 cm³/mol. The topological polar surface area (TPSA) is 82.5 Å². The molecule has 1 aromatic heterocycles. The van der Waals surface area contributed by atoms with Gasteiger partial charge in [-0.25, -0.2) is 4.79 Å². The van der Waals surface area contributed by atoms with Crippen LogP contribution in [0.4, 0.5) is 5.69 Å². The average molecular weight is 394 g/mol. The molecule has 0 spiro atoms. The van der Waals surface area contributed by atoms with Crippen LogP contribution in [0.5, 0.6) is 5.75 Å². The van der Waals surface area contributed by atoms with Crippen LogP contribution in [0.1, 0.15) is 29.6 Å². The van der Waals surface area contributed by atoms with Crippen molar-refractivity contribution < 1.29 is 9.53 Å². The molecule has 0 saturated carbocycles. The minimum atomic E-state index is -0.531. The van der Waals surface area contributed by atoms with E-state index in [0.717, 1.165) is 53.8 Å². The van der Waals surface area contributed by atoms with Gasteiger partial charge in [0.1, 0.15) is 5.75 Å². The number of primary amides is 1. The number of imidazole rings is 1. The third-order valence-electron chi connectivity index (χ3n) is 5.86. The molecule has 0 bridgehead atoms. The van der Waals surface area contributed by atoms with E-state index in [2.05, 4.69) is 11.0 Å². The summed E-state index contributed by atoms with van der Waals surface area (Å²) in [4.78, 5) is 26.8. The van der Waals surface area contributed by atoms with Crippen molar-refractivity contribution >= 4 is 22.6 Å². The summed E-state index contributed by atoms with van der Waals surface area (Å²) in [6.45, 7) is 1.91. The zero-order chi connectivity index (χ0) is 20.7. The van der Waals surface area contributed by atoms with Gasteiger partial charge in [-0.15, -0.1) is 0 Å². The molecule has 0 radical (unpaired) electrons. The van der Waals surface area contributed by atoms with Crippen molar-refractivity contribution in [1.82, 2.24) is 9.13 Å². The lowest BCUT2D eigenvalue weighted by molar-refractivity contribution is 0.0997. The number of carbonyl (C=O) groups is 1. The molecule has 1 saturated heterocycles. The monoisotopic (exact) mass is 394 g/mol. The molecule has 1 aliphatic heterocycles. The lowest BCUT2D eigenvalue weighted by Crippen LogP contribution is -2.29. The van der Waals surface area contributed by atoms with Gasteiger partial charge in [-0.3, -0.25) is 13.9 Å². The molecule has 0 aliphatic carbocycles. The molecule has 2 heterocycles. The molecule has 1 aliphatic rings. The summed E-state index contributed by atoms with van der Waals surface area (Å²) in [6, 6.07) is 9.51. The molecule has 2 N–H and O–H groups in total. The molecular weight excluding hydrogens is 368 g/mol. The number of fused-ring (bicyclic) bond motifs is 1. The van der Waals surface area contributed by atoms with Crippen molar-refractivity contribution in [3.05, 3.63) is 46.4 Å². The maximum absolute atomic E-state index is 12.5. The maximum Gasteiger partial charge on any atom is 0.328 e. The fraction of sp³-hybridized carbons (Fsp3) is 0.364. The first-order valence-corrected chi connectivity index (χ1v) is 9.85. The van der Waals surface area contributed by atoms with Crippen molar-refractivity contribution in [2.45, 2.75) is 19.3 Å². The Morgan fingerprint density at radius 2 is 1.66 bits per heavy atom. The van der Waals surface area contributed by atoms with Crippen molar-refractivity contribution in [2.24, 2.45) is 19.8 Å². The fourth-order valence-corrected chi connectivity index (χ4v) is 4.31. The Labute approximate surface area is 169 Å². The second kappa shape index (κ2) is 7.31. The molecule has 4 rings (SSSR count). The Balaban J connectivity index is 2.05. The van der Waals surface area contributed by atoms with Crippen LogP contribution in [-0.2, 0) is 14.1 Å². The van der Waals surface area contributed by atoms with E-state index >= 15 is 0 Å². The molecule has 7 heteroatoms. The van der Waals surface area contributed by atoms with Gasteiger partial charge < -0.3 is 15.4 Å². The van der Waals surface area contributed by atoms with Gasteiger partial charge >= 0.3 is 5.69 Å². The summed E-state index contributed by atoms with van der Waals surface area (Å²) < 4.78 is 8.93. The van der Waals surface area contributed by atoms with Crippen LogP contribution < -0.4 is 21.1 Å². The van der Waals surface area contributed by atoms with Crippen molar-refractivity contribution in [3.8, 4) is 16.9 Å². The molecular formula is C22H26N4O3. The summed E-state index contributed by atoms with van der Waals surface area (Å²) in [5, 5.41) is 0. The Morgan fingerprint density at radius 1 is 1.00 bits per heavy atom. The number of anilines is 1. The highest BCUT2D eigenvalue weighted by Crippen LogP contribution is 2.41. The Kier molecular flexibility index (Phi) is 4.82. The number of methoxy groups -OCH3 is 1. The first-order valence-electron chi connectivity index (χ1n) is 9.85. The summed E-state index contributed by atoms with van der Waals surface area (Å²) in [5.41, 5.74) is 10.3. The number of amides is 1. The highest BCUT2D eigenvalue weighted by atomic mass is 16.5. The van der Waals surface area contributed by atoms with Gasteiger partial charge in [-0.05, 0) is 37.5 Å². The van der Waals surface area contributed by atoms with Crippen LogP contribution in [0.3, 0.4) is 0 Å². The third-order valence-corrected chi connectivity index (χ3v) is 5.86. The number of aromatic nitrogens is 2. The SMILES string of the molecule is COc1c(C(N)=O)cccc1-c1cc2c(cc1N1CCCCC1)n(C)c(=O)n2C. The molecule has 2 aromatic carbocycles. The van der Waals surface area contributed by atoms with Gasteiger partial charge in [0.25, 0.3) is 5.91 Å². The van der Waals surface area contributed by atoms with Gasteiger partial charge in [0.2, 0.25) is 0 Å². The zero-order valence-electron chi connectivity index (χ0n) is 17.1.